The van der Waals surface area contributed by atoms with Crippen molar-refractivity contribution in [2.75, 3.05) is 20.4 Å². The molecule has 0 saturated carbocycles. The molecule has 2 heterocycles. The molecular formula is C27H32N6O8. The van der Waals surface area contributed by atoms with Crippen molar-refractivity contribution >= 4 is 35.0 Å². The number of alkyl carbamates (subject to hydrolysis) is 1. The minimum absolute atomic E-state index is 0.0519. The van der Waals surface area contributed by atoms with Crippen LogP contribution in [0.25, 0.3) is 11.0 Å². The van der Waals surface area contributed by atoms with E-state index in [9.17, 15) is 24.3 Å². The van der Waals surface area contributed by atoms with Crippen LogP contribution >= 0.6 is 0 Å². The normalized spacial score (nSPS) is 13.2. The van der Waals surface area contributed by atoms with E-state index in [1.54, 1.807) is 18.2 Å². The van der Waals surface area contributed by atoms with Crippen molar-refractivity contribution in [3.8, 4) is 11.5 Å². The molecule has 0 spiro atoms. The molecule has 6 N–H and O–H groups in total. The molecule has 2 aromatic carbocycles. The highest BCUT2D eigenvalue weighted by Crippen LogP contribution is 2.34. The van der Waals surface area contributed by atoms with Gasteiger partial charge in [-0.1, -0.05) is 18.2 Å². The zero-order valence-corrected chi connectivity index (χ0v) is 22.4. The number of hydrogen-bond donors (Lipinski definition) is 6. The van der Waals surface area contributed by atoms with Crippen LogP contribution in [0, 0.1) is 0 Å². The summed E-state index contributed by atoms with van der Waals surface area (Å²) in [5.41, 5.74) is 2.10. The fourth-order valence-corrected chi connectivity index (χ4v) is 4.30. The molecule has 1 aromatic heterocycles. The number of aromatic nitrogens is 2. The predicted octanol–water partition coefficient (Wildman–Crippen LogP) is 2.32. The van der Waals surface area contributed by atoms with E-state index in [1.165, 1.54) is 7.11 Å². The van der Waals surface area contributed by atoms with Crippen molar-refractivity contribution in [1.82, 2.24) is 31.2 Å². The lowest BCUT2D eigenvalue weighted by Gasteiger charge is -2.22. The standard InChI is InChI=1S/C27H32N6O8/c1-39-27(38)28-11-5-4-8-19(25(36)29-14-23-30-17-6-2-3-7-18(17)31-23)32-26(37)33-20(13-24(34)35)16-9-10-21-22(12-16)41-15-40-21/h2-3,6-7,9-10,12,19-20H,4-5,8,11,13-15H2,1H3,(H,28,38)(H,29,36)(H,30,31)(H,34,35)(H2,32,33,37)/t19-,20-/m0/s1. The van der Waals surface area contributed by atoms with Gasteiger partial charge in [-0.3, -0.25) is 9.59 Å². The first-order valence-electron chi connectivity index (χ1n) is 13.0. The number of imidazole rings is 1. The molecule has 0 radical (unpaired) electrons. The third kappa shape index (κ3) is 8.24. The van der Waals surface area contributed by atoms with Crippen molar-refractivity contribution in [1.29, 1.82) is 0 Å². The van der Waals surface area contributed by atoms with E-state index in [4.69, 9.17) is 9.47 Å². The Bertz CT molecular complexity index is 1360. The number of aromatic amines is 1. The van der Waals surface area contributed by atoms with Crippen LogP contribution in [-0.2, 0) is 20.9 Å². The van der Waals surface area contributed by atoms with E-state index in [2.05, 4.69) is 36.0 Å². The summed E-state index contributed by atoms with van der Waals surface area (Å²) >= 11 is 0. The van der Waals surface area contributed by atoms with E-state index in [1.807, 2.05) is 24.3 Å². The average Bonchev–Trinajstić information content (AvgIpc) is 3.60. The fraction of sp³-hybridized carbons (Fsp3) is 0.370. The molecule has 14 nitrogen and oxygen atoms in total. The highest BCUT2D eigenvalue weighted by atomic mass is 16.7. The number of unbranched alkanes of at least 4 members (excludes halogenated alkanes) is 1. The number of ether oxygens (including phenoxy) is 3. The number of carbonyl (C=O) groups excluding carboxylic acids is 3. The van der Waals surface area contributed by atoms with Gasteiger partial charge < -0.3 is 45.6 Å². The zero-order valence-electron chi connectivity index (χ0n) is 22.4. The Morgan fingerprint density at radius 3 is 2.63 bits per heavy atom. The minimum atomic E-state index is -1.12. The van der Waals surface area contributed by atoms with Crippen LogP contribution in [0.2, 0.25) is 0 Å². The summed E-state index contributed by atoms with van der Waals surface area (Å²) < 4.78 is 15.2. The molecule has 4 rings (SSSR count). The number of nitrogens with zero attached hydrogens (tertiary/aromatic N) is 1. The molecule has 0 unspecified atom stereocenters. The van der Waals surface area contributed by atoms with E-state index in [0.717, 1.165) is 11.0 Å². The number of fused-ring (bicyclic) bond motifs is 2. The van der Waals surface area contributed by atoms with Gasteiger partial charge in [0.2, 0.25) is 12.7 Å². The molecule has 0 aliphatic carbocycles. The van der Waals surface area contributed by atoms with E-state index < -0.39 is 42.5 Å². The van der Waals surface area contributed by atoms with Gasteiger partial charge in [-0.05, 0) is 49.1 Å². The summed E-state index contributed by atoms with van der Waals surface area (Å²) in [7, 11) is 1.27. The average molecular weight is 569 g/mol. The summed E-state index contributed by atoms with van der Waals surface area (Å²) in [6.07, 6.45) is 0.333. The fourth-order valence-electron chi connectivity index (χ4n) is 4.30. The molecule has 3 aromatic rings. The molecular weight excluding hydrogens is 536 g/mol. The van der Waals surface area contributed by atoms with Crippen molar-refractivity contribution < 1.29 is 38.5 Å². The first-order chi connectivity index (χ1) is 19.8. The van der Waals surface area contributed by atoms with Gasteiger partial charge in [-0.25, -0.2) is 14.6 Å². The molecule has 0 bridgehead atoms. The first-order valence-corrected chi connectivity index (χ1v) is 13.0. The Hall–Kier alpha value is -5.01. The summed E-state index contributed by atoms with van der Waals surface area (Å²) in [5, 5.41) is 20.1. The van der Waals surface area contributed by atoms with Crippen LogP contribution in [0.3, 0.4) is 0 Å². The lowest BCUT2D eigenvalue weighted by atomic mass is 10.0. The van der Waals surface area contributed by atoms with Gasteiger partial charge in [0.05, 0.1) is 37.2 Å². The second-order valence-corrected chi connectivity index (χ2v) is 9.27. The first kappa shape index (κ1) is 29.0. The summed E-state index contributed by atoms with van der Waals surface area (Å²) in [6, 6.07) is 9.80. The van der Waals surface area contributed by atoms with Crippen molar-refractivity contribution in [3.63, 3.8) is 0 Å². The quantitative estimate of drug-likeness (QED) is 0.168. The van der Waals surface area contributed by atoms with Crippen LogP contribution in [0.1, 0.15) is 43.1 Å². The van der Waals surface area contributed by atoms with Gasteiger partial charge in [0.1, 0.15) is 11.9 Å². The number of nitrogens with one attached hydrogen (secondary N) is 5. The van der Waals surface area contributed by atoms with Gasteiger partial charge >= 0.3 is 18.1 Å². The largest absolute Gasteiger partial charge is 0.481 e. The molecule has 1 aliphatic rings. The lowest BCUT2D eigenvalue weighted by molar-refractivity contribution is -0.137. The molecule has 14 heteroatoms. The minimum Gasteiger partial charge on any atom is -0.481 e. The Morgan fingerprint density at radius 1 is 1.05 bits per heavy atom. The number of carboxylic acid groups (broad SMARTS) is 1. The topological polar surface area (TPSA) is 193 Å². The molecule has 0 saturated heterocycles. The summed E-state index contributed by atoms with van der Waals surface area (Å²) in [6.45, 7) is 0.489. The number of aliphatic carboxylic acids is 1. The monoisotopic (exact) mass is 568 g/mol. The van der Waals surface area contributed by atoms with Crippen LogP contribution in [0.15, 0.2) is 42.5 Å². The Morgan fingerprint density at radius 2 is 1.85 bits per heavy atom. The second kappa shape index (κ2) is 13.9. The SMILES string of the molecule is COC(=O)NCCCC[C@H](NC(=O)N[C@@H](CC(=O)O)c1ccc2c(c1)OCO2)C(=O)NCc1nc2ccccc2[nH]1. The van der Waals surface area contributed by atoms with Crippen LogP contribution in [-0.4, -0.2) is 65.6 Å². The number of methoxy groups -OCH3 is 1. The summed E-state index contributed by atoms with van der Waals surface area (Å²) in [4.78, 5) is 56.6. The van der Waals surface area contributed by atoms with Crippen molar-refractivity contribution in [2.24, 2.45) is 0 Å². The molecule has 1 aliphatic heterocycles. The van der Waals surface area contributed by atoms with E-state index in [-0.39, 0.29) is 19.8 Å². The number of H-pyrrole nitrogens is 1. The third-order valence-electron chi connectivity index (χ3n) is 6.35. The van der Waals surface area contributed by atoms with Gasteiger partial charge in [-0.15, -0.1) is 0 Å². The predicted molar refractivity (Wildman–Crippen MR) is 145 cm³/mol. The maximum absolute atomic E-state index is 13.1. The van der Waals surface area contributed by atoms with Gasteiger partial charge in [0.15, 0.2) is 11.5 Å². The van der Waals surface area contributed by atoms with E-state index in [0.29, 0.717) is 42.3 Å². The van der Waals surface area contributed by atoms with Gasteiger partial charge in [0.25, 0.3) is 0 Å². The molecule has 2 atom stereocenters. The Kier molecular flexibility index (Phi) is 9.80. The number of benzene rings is 2. The van der Waals surface area contributed by atoms with Crippen LogP contribution in [0.5, 0.6) is 11.5 Å². The third-order valence-corrected chi connectivity index (χ3v) is 6.35. The van der Waals surface area contributed by atoms with Crippen molar-refractivity contribution in [2.45, 2.75) is 44.3 Å². The number of amides is 4. The number of carboxylic acids is 1. The van der Waals surface area contributed by atoms with Gasteiger partial charge in [-0.2, -0.15) is 0 Å². The molecule has 0 fully saturated rings. The molecule has 4 amide bonds. The van der Waals surface area contributed by atoms with Crippen LogP contribution in [0.4, 0.5) is 9.59 Å². The lowest BCUT2D eigenvalue weighted by Crippen LogP contribution is -2.50. The smallest absolute Gasteiger partial charge is 0.406 e. The number of urea groups is 1. The molecule has 41 heavy (non-hydrogen) atoms. The maximum Gasteiger partial charge on any atom is 0.406 e. The number of carbonyl (C=O) groups is 4. The zero-order chi connectivity index (χ0) is 29.2. The highest BCUT2D eigenvalue weighted by Gasteiger charge is 2.25. The second-order valence-electron chi connectivity index (χ2n) is 9.27. The maximum atomic E-state index is 13.1. The Labute approximate surface area is 235 Å². The van der Waals surface area contributed by atoms with Crippen LogP contribution < -0.4 is 30.7 Å². The highest BCUT2D eigenvalue weighted by molar-refractivity contribution is 5.87. The van der Waals surface area contributed by atoms with Crippen molar-refractivity contribution in [3.05, 3.63) is 53.9 Å². The number of rotatable bonds is 13. The Balaban J connectivity index is 1.40. The summed E-state index contributed by atoms with van der Waals surface area (Å²) in [5.74, 6) is -0.0429. The number of hydrogen-bond acceptors (Lipinski definition) is 8. The number of para-hydroxylation sites is 2. The van der Waals surface area contributed by atoms with Gasteiger partial charge in [0, 0.05) is 6.54 Å². The molecule has 218 valence electrons. The van der Waals surface area contributed by atoms with E-state index >= 15 is 0 Å².